The second-order valence-corrected chi connectivity index (χ2v) is 5.41. The third-order valence-electron chi connectivity index (χ3n) is 2.70. The average molecular weight is 266 g/mol. The summed E-state index contributed by atoms with van der Waals surface area (Å²) < 4.78 is 4.58. The molecule has 0 aliphatic heterocycles. The van der Waals surface area contributed by atoms with Gasteiger partial charge in [-0.1, -0.05) is 20.8 Å². The summed E-state index contributed by atoms with van der Waals surface area (Å²) in [7, 11) is 1.37. The number of hydrogen-bond acceptors (Lipinski definition) is 6. The SMILES string of the molecule is COC(=O)CCNc1nc(C(C)(C)C)nc(N)c1C. The number of nitrogens with two attached hydrogens (primary N) is 1. The van der Waals surface area contributed by atoms with E-state index in [1.807, 2.05) is 27.7 Å². The van der Waals surface area contributed by atoms with Crippen molar-refractivity contribution in [1.29, 1.82) is 0 Å². The van der Waals surface area contributed by atoms with E-state index in [1.54, 1.807) is 0 Å². The fraction of sp³-hybridized carbons (Fsp3) is 0.615. The number of nitrogen functional groups attached to an aromatic ring is 1. The summed E-state index contributed by atoms with van der Waals surface area (Å²) >= 11 is 0. The Bertz CT molecular complexity index is 466. The largest absolute Gasteiger partial charge is 0.469 e. The quantitative estimate of drug-likeness (QED) is 0.805. The van der Waals surface area contributed by atoms with E-state index in [2.05, 4.69) is 20.0 Å². The maximum absolute atomic E-state index is 11.1. The van der Waals surface area contributed by atoms with Crippen LogP contribution in [0.2, 0.25) is 0 Å². The van der Waals surface area contributed by atoms with Gasteiger partial charge in [0, 0.05) is 17.5 Å². The molecule has 0 saturated heterocycles. The van der Waals surface area contributed by atoms with Crippen molar-refractivity contribution in [2.75, 3.05) is 24.7 Å². The fourth-order valence-corrected chi connectivity index (χ4v) is 1.43. The first-order valence-electron chi connectivity index (χ1n) is 6.21. The molecule has 0 aliphatic carbocycles. The van der Waals surface area contributed by atoms with Crippen molar-refractivity contribution in [3.8, 4) is 0 Å². The topological polar surface area (TPSA) is 90.1 Å². The molecule has 0 unspecified atom stereocenters. The zero-order chi connectivity index (χ0) is 14.6. The van der Waals surface area contributed by atoms with Crippen LogP contribution in [0.3, 0.4) is 0 Å². The Morgan fingerprint density at radius 2 is 2.00 bits per heavy atom. The van der Waals surface area contributed by atoms with E-state index in [-0.39, 0.29) is 17.8 Å². The summed E-state index contributed by atoms with van der Waals surface area (Å²) in [5.74, 6) is 1.54. The maximum atomic E-state index is 11.1. The minimum absolute atomic E-state index is 0.180. The van der Waals surface area contributed by atoms with Crippen LogP contribution in [-0.4, -0.2) is 29.6 Å². The minimum Gasteiger partial charge on any atom is -0.469 e. The Labute approximate surface area is 113 Å². The van der Waals surface area contributed by atoms with Crippen molar-refractivity contribution >= 4 is 17.6 Å². The van der Waals surface area contributed by atoms with Crippen molar-refractivity contribution < 1.29 is 9.53 Å². The molecule has 1 aromatic heterocycles. The normalized spacial score (nSPS) is 11.2. The lowest BCUT2D eigenvalue weighted by Gasteiger charge is -2.19. The van der Waals surface area contributed by atoms with Gasteiger partial charge in [0.25, 0.3) is 0 Å². The third-order valence-corrected chi connectivity index (χ3v) is 2.70. The number of anilines is 2. The minimum atomic E-state index is -0.261. The highest BCUT2D eigenvalue weighted by atomic mass is 16.5. The van der Waals surface area contributed by atoms with Crippen LogP contribution in [0.5, 0.6) is 0 Å². The molecule has 3 N–H and O–H groups in total. The van der Waals surface area contributed by atoms with Crippen molar-refractivity contribution in [1.82, 2.24) is 9.97 Å². The standard InChI is InChI=1S/C13H22N4O2/c1-8-10(14)16-12(13(2,3)4)17-11(8)15-7-6-9(18)19-5/h6-7H2,1-5H3,(H3,14,15,16,17). The Morgan fingerprint density at radius 3 is 2.53 bits per heavy atom. The highest BCUT2D eigenvalue weighted by Gasteiger charge is 2.20. The Kier molecular flexibility index (Phi) is 4.69. The van der Waals surface area contributed by atoms with Gasteiger partial charge in [0.05, 0.1) is 13.5 Å². The van der Waals surface area contributed by atoms with Crippen LogP contribution in [0.15, 0.2) is 0 Å². The summed E-state index contributed by atoms with van der Waals surface area (Å²) in [5.41, 5.74) is 6.50. The number of nitrogens with one attached hydrogen (secondary N) is 1. The molecular weight excluding hydrogens is 244 g/mol. The predicted octanol–water partition coefficient (Wildman–Crippen LogP) is 1.64. The van der Waals surface area contributed by atoms with Crippen LogP contribution in [0.1, 0.15) is 38.6 Å². The fourth-order valence-electron chi connectivity index (χ4n) is 1.43. The molecule has 0 spiro atoms. The van der Waals surface area contributed by atoms with Gasteiger partial charge in [-0.05, 0) is 6.92 Å². The zero-order valence-electron chi connectivity index (χ0n) is 12.2. The monoisotopic (exact) mass is 266 g/mol. The molecule has 106 valence electrons. The van der Waals surface area contributed by atoms with Crippen LogP contribution < -0.4 is 11.1 Å². The average Bonchev–Trinajstić information content (AvgIpc) is 2.32. The van der Waals surface area contributed by atoms with Crippen molar-refractivity contribution in [3.63, 3.8) is 0 Å². The zero-order valence-corrected chi connectivity index (χ0v) is 12.2. The van der Waals surface area contributed by atoms with E-state index >= 15 is 0 Å². The Balaban J connectivity index is 2.88. The predicted molar refractivity (Wildman–Crippen MR) is 75.0 cm³/mol. The summed E-state index contributed by atoms with van der Waals surface area (Å²) in [6, 6.07) is 0. The number of aromatic nitrogens is 2. The lowest BCUT2D eigenvalue weighted by molar-refractivity contribution is -0.140. The van der Waals surface area contributed by atoms with Crippen molar-refractivity contribution in [2.24, 2.45) is 0 Å². The second kappa shape index (κ2) is 5.86. The first-order chi connectivity index (χ1) is 8.75. The van der Waals surface area contributed by atoms with Crippen LogP contribution in [0.4, 0.5) is 11.6 Å². The number of methoxy groups -OCH3 is 1. The van der Waals surface area contributed by atoms with E-state index in [1.165, 1.54) is 7.11 Å². The highest BCUT2D eigenvalue weighted by molar-refractivity contribution is 5.70. The molecule has 0 radical (unpaired) electrons. The molecule has 0 atom stereocenters. The van der Waals surface area contributed by atoms with Crippen LogP contribution in [0.25, 0.3) is 0 Å². The Hall–Kier alpha value is -1.85. The number of ether oxygens (including phenoxy) is 1. The molecule has 1 rings (SSSR count). The molecule has 6 nitrogen and oxygen atoms in total. The van der Waals surface area contributed by atoms with Gasteiger partial charge in [0.2, 0.25) is 0 Å². The van der Waals surface area contributed by atoms with E-state index in [9.17, 15) is 4.79 Å². The smallest absolute Gasteiger partial charge is 0.307 e. The number of hydrogen-bond donors (Lipinski definition) is 2. The third kappa shape index (κ3) is 4.08. The molecule has 0 aromatic carbocycles. The second-order valence-electron chi connectivity index (χ2n) is 5.41. The van der Waals surface area contributed by atoms with E-state index in [4.69, 9.17) is 5.73 Å². The molecule has 0 saturated carbocycles. The molecule has 0 bridgehead atoms. The lowest BCUT2D eigenvalue weighted by atomic mass is 9.95. The van der Waals surface area contributed by atoms with Crippen molar-refractivity contribution in [2.45, 2.75) is 39.5 Å². The summed E-state index contributed by atoms with van der Waals surface area (Å²) in [6.07, 6.45) is 0.282. The number of carbonyl (C=O) groups excluding carboxylic acids is 1. The van der Waals surface area contributed by atoms with E-state index in [0.717, 1.165) is 5.56 Å². The maximum Gasteiger partial charge on any atom is 0.307 e. The molecule has 1 aromatic rings. The van der Waals surface area contributed by atoms with Gasteiger partial charge >= 0.3 is 5.97 Å². The van der Waals surface area contributed by atoms with Gasteiger partial charge in [-0.15, -0.1) is 0 Å². The number of carbonyl (C=O) groups is 1. The number of rotatable bonds is 4. The number of nitrogens with zero attached hydrogens (tertiary/aromatic N) is 2. The summed E-state index contributed by atoms with van der Waals surface area (Å²) in [5, 5.41) is 3.10. The van der Waals surface area contributed by atoms with E-state index < -0.39 is 0 Å². The molecule has 0 amide bonds. The van der Waals surface area contributed by atoms with Crippen LogP contribution >= 0.6 is 0 Å². The molecule has 1 heterocycles. The first-order valence-corrected chi connectivity index (χ1v) is 6.21. The van der Waals surface area contributed by atoms with Gasteiger partial charge in [0.1, 0.15) is 17.5 Å². The lowest BCUT2D eigenvalue weighted by Crippen LogP contribution is -2.20. The van der Waals surface area contributed by atoms with Gasteiger partial charge in [0.15, 0.2) is 0 Å². The summed E-state index contributed by atoms with van der Waals surface area (Å²) in [6.45, 7) is 8.37. The van der Waals surface area contributed by atoms with Gasteiger partial charge in [-0.2, -0.15) is 0 Å². The van der Waals surface area contributed by atoms with E-state index in [0.29, 0.717) is 24.0 Å². The van der Waals surface area contributed by atoms with Crippen LogP contribution in [0, 0.1) is 6.92 Å². The summed E-state index contributed by atoms with van der Waals surface area (Å²) in [4.78, 5) is 19.8. The first kappa shape index (κ1) is 15.2. The van der Waals surface area contributed by atoms with Crippen molar-refractivity contribution in [3.05, 3.63) is 11.4 Å². The van der Waals surface area contributed by atoms with Crippen LogP contribution in [-0.2, 0) is 14.9 Å². The molecule has 0 fully saturated rings. The molecule has 6 heteroatoms. The molecule has 19 heavy (non-hydrogen) atoms. The highest BCUT2D eigenvalue weighted by Crippen LogP contribution is 2.24. The number of esters is 1. The van der Waals surface area contributed by atoms with Gasteiger partial charge in [-0.25, -0.2) is 9.97 Å². The van der Waals surface area contributed by atoms with Gasteiger partial charge in [-0.3, -0.25) is 4.79 Å². The molecular formula is C13H22N4O2. The molecule has 0 aliphatic rings. The van der Waals surface area contributed by atoms with Gasteiger partial charge < -0.3 is 15.8 Å². The Morgan fingerprint density at radius 1 is 1.37 bits per heavy atom.